The highest BCUT2D eigenvalue weighted by Gasteiger charge is 2.29. The van der Waals surface area contributed by atoms with Crippen LogP contribution in [0.1, 0.15) is 37.6 Å². The number of nitrogens with zero attached hydrogens (tertiary/aromatic N) is 5. The number of hydrogen-bond acceptors (Lipinski definition) is 9. The molecule has 2 atom stereocenters. The molecule has 5 rings (SSSR count). The second-order valence-electron chi connectivity index (χ2n) is 10.3. The number of pyridine rings is 1. The van der Waals surface area contributed by atoms with Crippen molar-refractivity contribution in [2.45, 2.75) is 44.6 Å². The van der Waals surface area contributed by atoms with Gasteiger partial charge in [-0.3, -0.25) is 9.88 Å². The van der Waals surface area contributed by atoms with Crippen molar-refractivity contribution in [1.82, 2.24) is 19.9 Å². The first-order valence-corrected chi connectivity index (χ1v) is 12.5. The van der Waals surface area contributed by atoms with E-state index >= 15 is 0 Å². The molecule has 2 aromatic heterocycles. The number of nitrogens with one attached hydrogen (secondary N) is 1. The minimum absolute atomic E-state index is 0.103. The minimum Gasteiger partial charge on any atom is -0.387 e. The number of benzene rings is 1. The molecule has 2 fully saturated rings. The topological polar surface area (TPSA) is 107 Å². The maximum Gasteiger partial charge on any atom is 0.172 e. The fourth-order valence-electron chi connectivity index (χ4n) is 4.66. The predicted molar refractivity (Wildman–Crippen MR) is 135 cm³/mol. The Hall–Kier alpha value is -2.99. The molecular formula is C26H32F2N6O3. The number of aliphatic hydroxyl groups is 2. The van der Waals surface area contributed by atoms with Crippen molar-refractivity contribution in [3.05, 3.63) is 53.4 Å². The maximum absolute atomic E-state index is 14.1. The Balaban J connectivity index is 1.39. The van der Waals surface area contributed by atoms with Gasteiger partial charge in [0, 0.05) is 44.9 Å². The summed E-state index contributed by atoms with van der Waals surface area (Å²) in [7, 11) is 0. The quantitative estimate of drug-likeness (QED) is 0.439. The molecule has 37 heavy (non-hydrogen) atoms. The number of fused-ring (bicyclic) bond motifs is 1. The number of piperazine rings is 1. The van der Waals surface area contributed by atoms with E-state index in [2.05, 4.69) is 20.1 Å². The molecule has 3 N–H and O–H groups in total. The number of ether oxygens (including phenoxy) is 1. The van der Waals surface area contributed by atoms with Crippen LogP contribution in [0.25, 0.3) is 11.0 Å². The zero-order chi connectivity index (χ0) is 26.2. The first kappa shape index (κ1) is 25.7. The summed E-state index contributed by atoms with van der Waals surface area (Å²) >= 11 is 0. The summed E-state index contributed by atoms with van der Waals surface area (Å²) < 4.78 is 33.2. The number of halogens is 2. The van der Waals surface area contributed by atoms with Gasteiger partial charge >= 0.3 is 0 Å². The number of anilines is 2. The molecule has 11 heteroatoms. The van der Waals surface area contributed by atoms with Crippen molar-refractivity contribution in [1.29, 1.82) is 0 Å². The first-order valence-electron chi connectivity index (χ1n) is 12.5. The molecule has 1 aromatic carbocycles. The van der Waals surface area contributed by atoms with Crippen LogP contribution in [0, 0.1) is 11.6 Å². The van der Waals surface area contributed by atoms with E-state index in [0.717, 1.165) is 18.6 Å². The standard InChI is InChI=1S/C26H32F2N6O3/c1-26(2,36)23(35)21-12-20-22(13-29-21)32-25(24(31-20)30-18-5-10-37-15-18)34-8-6-33(7-9-34)14-16-11-17(27)3-4-19(16)28/h3-4,11-13,18,23,35-36H,5-10,14-15H2,1-2H3,(H,30,31). The largest absolute Gasteiger partial charge is 0.387 e. The first-order chi connectivity index (χ1) is 17.7. The van der Waals surface area contributed by atoms with E-state index in [0.29, 0.717) is 79.9 Å². The van der Waals surface area contributed by atoms with Crippen LogP contribution < -0.4 is 10.2 Å². The molecule has 2 unspecified atom stereocenters. The average molecular weight is 515 g/mol. The second-order valence-corrected chi connectivity index (χ2v) is 10.3. The average Bonchev–Trinajstić information content (AvgIpc) is 3.38. The summed E-state index contributed by atoms with van der Waals surface area (Å²) in [5.41, 5.74) is 0.427. The van der Waals surface area contributed by atoms with Crippen molar-refractivity contribution in [3.8, 4) is 0 Å². The van der Waals surface area contributed by atoms with Crippen molar-refractivity contribution in [2.75, 3.05) is 49.6 Å². The Kier molecular flexibility index (Phi) is 7.21. The number of hydrogen-bond donors (Lipinski definition) is 3. The summed E-state index contributed by atoms with van der Waals surface area (Å²) in [5, 5.41) is 24.2. The van der Waals surface area contributed by atoms with Gasteiger partial charge in [-0.1, -0.05) is 0 Å². The highest BCUT2D eigenvalue weighted by Crippen LogP contribution is 2.30. The molecule has 2 aliphatic rings. The highest BCUT2D eigenvalue weighted by atomic mass is 19.1. The SMILES string of the molecule is CC(C)(O)C(O)c1cc2nc(NC3CCOC3)c(N3CCN(Cc4cc(F)ccc4F)CC3)nc2cn1. The number of aromatic nitrogens is 3. The monoisotopic (exact) mass is 514 g/mol. The lowest BCUT2D eigenvalue weighted by Gasteiger charge is -2.36. The molecular weight excluding hydrogens is 482 g/mol. The summed E-state index contributed by atoms with van der Waals surface area (Å²) in [4.78, 5) is 18.2. The van der Waals surface area contributed by atoms with Gasteiger partial charge in [0.05, 0.1) is 35.7 Å². The van der Waals surface area contributed by atoms with Gasteiger partial charge in [0.2, 0.25) is 0 Å². The third-order valence-corrected chi connectivity index (χ3v) is 6.85. The van der Waals surface area contributed by atoms with Gasteiger partial charge in [-0.15, -0.1) is 0 Å². The van der Waals surface area contributed by atoms with Gasteiger partial charge in [-0.2, -0.15) is 0 Å². The molecule has 198 valence electrons. The smallest absolute Gasteiger partial charge is 0.172 e. The lowest BCUT2D eigenvalue weighted by molar-refractivity contribution is -0.0516. The van der Waals surface area contributed by atoms with Crippen LogP contribution in [-0.4, -0.2) is 81.1 Å². The number of aliphatic hydroxyl groups excluding tert-OH is 1. The van der Waals surface area contributed by atoms with Crippen LogP contribution in [0.4, 0.5) is 20.4 Å². The third kappa shape index (κ3) is 5.80. The lowest BCUT2D eigenvalue weighted by atomic mass is 9.98. The van der Waals surface area contributed by atoms with Crippen LogP contribution in [0.2, 0.25) is 0 Å². The van der Waals surface area contributed by atoms with Gasteiger partial charge in [0.15, 0.2) is 11.6 Å². The van der Waals surface area contributed by atoms with E-state index in [1.807, 2.05) is 0 Å². The van der Waals surface area contributed by atoms with Gasteiger partial charge in [-0.05, 0) is 44.5 Å². The zero-order valence-electron chi connectivity index (χ0n) is 21.0. The van der Waals surface area contributed by atoms with Crippen LogP contribution in [0.3, 0.4) is 0 Å². The molecule has 9 nitrogen and oxygen atoms in total. The van der Waals surface area contributed by atoms with Crippen LogP contribution in [-0.2, 0) is 11.3 Å². The molecule has 0 bridgehead atoms. The normalized spacial score (nSPS) is 19.9. The minimum atomic E-state index is -1.36. The molecule has 0 aliphatic carbocycles. The van der Waals surface area contributed by atoms with Crippen molar-refractivity contribution < 1.29 is 23.7 Å². The van der Waals surface area contributed by atoms with Crippen molar-refractivity contribution >= 4 is 22.7 Å². The van der Waals surface area contributed by atoms with Crippen molar-refractivity contribution in [3.63, 3.8) is 0 Å². The molecule has 3 aromatic rings. The maximum atomic E-state index is 14.1. The molecule has 2 saturated heterocycles. The Bertz CT molecular complexity index is 1260. The van der Waals surface area contributed by atoms with E-state index in [1.165, 1.54) is 19.9 Å². The summed E-state index contributed by atoms with van der Waals surface area (Å²) in [6.07, 6.45) is 1.24. The van der Waals surface area contributed by atoms with E-state index in [-0.39, 0.29) is 6.04 Å². The van der Waals surface area contributed by atoms with Crippen molar-refractivity contribution in [2.24, 2.45) is 0 Å². The Morgan fingerprint density at radius 3 is 2.62 bits per heavy atom. The van der Waals surface area contributed by atoms with Gasteiger partial charge < -0.3 is 25.2 Å². The molecule has 4 heterocycles. The molecule has 2 aliphatic heterocycles. The fraction of sp³-hybridized carbons (Fsp3) is 0.500. The molecule has 0 radical (unpaired) electrons. The molecule has 0 saturated carbocycles. The fourth-order valence-corrected chi connectivity index (χ4v) is 4.66. The van der Waals surface area contributed by atoms with Gasteiger partial charge in [0.25, 0.3) is 0 Å². The predicted octanol–water partition coefficient (Wildman–Crippen LogP) is 2.63. The third-order valence-electron chi connectivity index (χ3n) is 6.85. The van der Waals surface area contributed by atoms with E-state index in [1.54, 1.807) is 12.3 Å². The highest BCUT2D eigenvalue weighted by molar-refractivity contribution is 5.80. The van der Waals surface area contributed by atoms with Crippen LogP contribution in [0.15, 0.2) is 30.5 Å². The summed E-state index contributed by atoms with van der Waals surface area (Å²) in [6, 6.07) is 5.29. The van der Waals surface area contributed by atoms with E-state index in [9.17, 15) is 19.0 Å². The van der Waals surface area contributed by atoms with Crippen LogP contribution >= 0.6 is 0 Å². The second kappa shape index (κ2) is 10.4. The van der Waals surface area contributed by atoms with E-state index in [4.69, 9.17) is 14.7 Å². The number of rotatable bonds is 7. The zero-order valence-corrected chi connectivity index (χ0v) is 21.0. The van der Waals surface area contributed by atoms with E-state index < -0.39 is 23.3 Å². The summed E-state index contributed by atoms with van der Waals surface area (Å²) in [6.45, 7) is 7.20. The molecule has 0 spiro atoms. The Labute approximate surface area is 214 Å². The molecule has 0 amide bonds. The lowest BCUT2D eigenvalue weighted by Crippen LogP contribution is -2.46. The van der Waals surface area contributed by atoms with Gasteiger partial charge in [-0.25, -0.2) is 18.7 Å². The van der Waals surface area contributed by atoms with Crippen LogP contribution in [0.5, 0.6) is 0 Å². The summed E-state index contributed by atoms with van der Waals surface area (Å²) in [5.74, 6) is 0.451. The Morgan fingerprint density at radius 2 is 1.92 bits per heavy atom. The van der Waals surface area contributed by atoms with Gasteiger partial charge in [0.1, 0.15) is 23.3 Å². The Morgan fingerprint density at radius 1 is 1.14 bits per heavy atom.